The van der Waals surface area contributed by atoms with E-state index in [4.69, 9.17) is 14.2 Å². The molecule has 1 N–H and O–H groups in total. The van der Waals surface area contributed by atoms with Gasteiger partial charge in [-0.15, -0.1) is 0 Å². The zero-order valence-electron chi connectivity index (χ0n) is 15.2. The van der Waals surface area contributed by atoms with Gasteiger partial charge in [0.05, 0.1) is 19.1 Å². The Kier molecular flexibility index (Phi) is 6.36. The summed E-state index contributed by atoms with van der Waals surface area (Å²) in [6, 6.07) is 7.33. The molecule has 2 aliphatic rings. The van der Waals surface area contributed by atoms with E-state index in [0.717, 1.165) is 25.0 Å². The molecule has 2 fully saturated rings. The van der Waals surface area contributed by atoms with Crippen LogP contribution in [0.25, 0.3) is 0 Å². The van der Waals surface area contributed by atoms with Crippen LogP contribution in [-0.4, -0.2) is 38.2 Å². The fourth-order valence-corrected chi connectivity index (χ4v) is 3.99. The number of esters is 1. The third-order valence-corrected chi connectivity index (χ3v) is 5.21. The summed E-state index contributed by atoms with van der Waals surface area (Å²) < 4.78 is 16.1. The Labute approximate surface area is 154 Å². The first-order valence-electron chi connectivity index (χ1n) is 9.44. The van der Waals surface area contributed by atoms with Gasteiger partial charge in [0.15, 0.2) is 6.61 Å². The van der Waals surface area contributed by atoms with Gasteiger partial charge in [0.25, 0.3) is 5.91 Å². The van der Waals surface area contributed by atoms with E-state index in [1.54, 1.807) is 0 Å². The summed E-state index contributed by atoms with van der Waals surface area (Å²) >= 11 is 0. The van der Waals surface area contributed by atoms with Gasteiger partial charge in [0.2, 0.25) is 0 Å². The number of ether oxygens (including phenoxy) is 3. The lowest BCUT2D eigenvalue weighted by Gasteiger charge is -2.19. The third kappa shape index (κ3) is 4.90. The van der Waals surface area contributed by atoms with Crippen molar-refractivity contribution >= 4 is 11.9 Å². The number of carbonyl (C=O) groups is 2. The highest BCUT2D eigenvalue weighted by molar-refractivity contribution is 5.81. The molecule has 142 valence electrons. The monoisotopic (exact) mass is 361 g/mol. The SMILES string of the molecule is CCOc1ccc(OCCNC(=O)COC(=O)C2CC3CCC2C3)cc1. The highest BCUT2D eigenvalue weighted by atomic mass is 16.5. The summed E-state index contributed by atoms with van der Waals surface area (Å²) in [5, 5.41) is 2.70. The molecular weight excluding hydrogens is 334 g/mol. The summed E-state index contributed by atoms with van der Waals surface area (Å²) in [6.07, 6.45) is 4.44. The van der Waals surface area contributed by atoms with Gasteiger partial charge < -0.3 is 19.5 Å². The first-order valence-corrected chi connectivity index (χ1v) is 9.44. The zero-order valence-corrected chi connectivity index (χ0v) is 15.2. The van der Waals surface area contributed by atoms with Crippen LogP contribution in [0.5, 0.6) is 11.5 Å². The van der Waals surface area contributed by atoms with Gasteiger partial charge in [-0.25, -0.2) is 0 Å². The van der Waals surface area contributed by atoms with Crippen molar-refractivity contribution in [3.8, 4) is 11.5 Å². The second-order valence-electron chi connectivity index (χ2n) is 6.99. The van der Waals surface area contributed by atoms with Crippen LogP contribution < -0.4 is 14.8 Å². The molecule has 0 saturated heterocycles. The molecule has 6 nitrogen and oxygen atoms in total. The van der Waals surface area contributed by atoms with Gasteiger partial charge in [0.1, 0.15) is 18.1 Å². The summed E-state index contributed by atoms with van der Waals surface area (Å²) in [7, 11) is 0. The fourth-order valence-electron chi connectivity index (χ4n) is 3.99. The van der Waals surface area contributed by atoms with Crippen LogP contribution in [0.4, 0.5) is 0 Å². The molecule has 6 heteroatoms. The zero-order chi connectivity index (χ0) is 18.4. The number of rotatable bonds is 9. The highest BCUT2D eigenvalue weighted by Gasteiger charge is 2.43. The van der Waals surface area contributed by atoms with Gasteiger partial charge in [0, 0.05) is 0 Å². The van der Waals surface area contributed by atoms with Crippen LogP contribution in [0, 0.1) is 17.8 Å². The van der Waals surface area contributed by atoms with Crippen molar-refractivity contribution in [1.29, 1.82) is 0 Å². The average molecular weight is 361 g/mol. The lowest BCUT2D eigenvalue weighted by atomic mass is 9.89. The Bertz CT molecular complexity index is 615. The van der Waals surface area contributed by atoms with E-state index >= 15 is 0 Å². The van der Waals surface area contributed by atoms with Crippen molar-refractivity contribution in [1.82, 2.24) is 5.32 Å². The molecule has 0 aromatic heterocycles. The van der Waals surface area contributed by atoms with Gasteiger partial charge in [-0.3, -0.25) is 9.59 Å². The van der Waals surface area contributed by atoms with E-state index in [2.05, 4.69) is 5.32 Å². The van der Waals surface area contributed by atoms with Gasteiger partial charge in [-0.2, -0.15) is 0 Å². The minimum absolute atomic E-state index is 0.00421. The second-order valence-corrected chi connectivity index (χ2v) is 6.99. The molecular formula is C20H27NO5. The quantitative estimate of drug-likeness (QED) is 0.540. The van der Waals surface area contributed by atoms with Gasteiger partial charge in [-0.1, -0.05) is 6.42 Å². The van der Waals surface area contributed by atoms with Crippen molar-refractivity contribution in [2.24, 2.45) is 17.8 Å². The number of amides is 1. The van der Waals surface area contributed by atoms with Crippen LogP contribution in [0.15, 0.2) is 24.3 Å². The number of carbonyl (C=O) groups excluding carboxylic acids is 2. The number of nitrogens with one attached hydrogen (secondary N) is 1. The average Bonchev–Trinajstić information content (AvgIpc) is 3.28. The Hall–Kier alpha value is -2.24. The first-order chi connectivity index (χ1) is 12.7. The third-order valence-electron chi connectivity index (χ3n) is 5.21. The summed E-state index contributed by atoms with van der Waals surface area (Å²) in [4.78, 5) is 23.9. The van der Waals surface area contributed by atoms with Crippen LogP contribution in [-0.2, 0) is 14.3 Å². The van der Waals surface area contributed by atoms with E-state index < -0.39 is 0 Å². The van der Waals surface area contributed by atoms with Crippen molar-refractivity contribution in [3.63, 3.8) is 0 Å². The smallest absolute Gasteiger partial charge is 0.309 e. The maximum atomic E-state index is 12.1. The number of hydrogen-bond donors (Lipinski definition) is 1. The predicted octanol–water partition coefficient (Wildman–Crippen LogP) is 2.56. The van der Waals surface area contributed by atoms with Crippen LogP contribution >= 0.6 is 0 Å². The van der Waals surface area contributed by atoms with Crippen molar-refractivity contribution < 1.29 is 23.8 Å². The lowest BCUT2D eigenvalue weighted by molar-refractivity contribution is -0.154. The Morgan fingerprint density at radius 1 is 1.08 bits per heavy atom. The molecule has 3 atom stereocenters. The van der Waals surface area contributed by atoms with Crippen molar-refractivity contribution in [3.05, 3.63) is 24.3 Å². The van der Waals surface area contributed by atoms with E-state index in [1.165, 1.54) is 6.42 Å². The molecule has 2 saturated carbocycles. The molecule has 2 aliphatic carbocycles. The number of hydrogen-bond acceptors (Lipinski definition) is 5. The molecule has 0 radical (unpaired) electrons. The maximum absolute atomic E-state index is 12.1. The summed E-state index contributed by atoms with van der Waals surface area (Å²) in [5.74, 6) is 2.17. The van der Waals surface area contributed by atoms with Crippen LogP contribution in [0.2, 0.25) is 0 Å². The molecule has 1 amide bonds. The van der Waals surface area contributed by atoms with Crippen molar-refractivity contribution in [2.75, 3.05) is 26.4 Å². The maximum Gasteiger partial charge on any atom is 0.309 e. The van der Waals surface area contributed by atoms with E-state index in [-0.39, 0.29) is 24.4 Å². The molecule has 3 rings (SSSR count). The minimum Gasteiger partial charge on any atom is -0.494 e. The molecule has 0 spiro atoms. The van der Waals surface area contributed by atoms with Gasteiger partial charge >= 0.3 is 5.97 Å². The molecule has 0 aliphatic heterocycles. The molecule has 1 aromatic rings. The molecule has 26 heavy (non-hydrogen) atoms. The lowest BCUT2D eigenvalue weighted by Crippen LogP contribution is -2.33. The van der Waals surface area contributed by atoms with Crippen LogP contribution in [0.3, 0.4) is 0 Å². The van der Waals surface area contributed by atoms with E-state index in [1.807, 2.05) is 31.2 Å². The molecule has 1 aromatic carbocycles. The Morgan fingerprint density at radius 2 is 1.81 bits per heavy atom. The van der Waals surface area contributed by atoms with E-state index in [9.17, 15) is 9.59 Å². The standard InChI is InChI=1S/C20H27NO5/c1-2-24-16-5-7-17(8-6-16)25-10-9-21-19(22)13-26-20(23)18-12-14-3-4-15(18)11-14/h5-8,14-15,18H,2-4,9-13H2,1H3,(H,21,22). The minimum atomic E-state index is -0.295. The molecule has 3 unspecified atom stereocenters. The summed E-state index contributed by atoms with van der Waals surface area (Å²) in [6.45, 7) is 3.05. The Balaban J connectivity index is 1.27. The topological polar surface area (TPSA) is 73.9 Å². The van der Waals surface area contributed by atoms with E-state index in [0.29, 0.717) is 37.3 Å². The largest absolute Gasteiger partial charge is 0.494 e. The fraction of sp³-hybridized carbons (Fsp3) is 0.600. The van der Waals surface area contributed by atoms with Crippen LogP contribution in [0.1, 0.15) is 32.6 Å². The second kappa shape index (κ2) is 8.92. The predicted molar refractivity (Wildman–Crippen MR) is 96.0 cm³/mol. The normalized spacial score (nSPS) is 23.5. The number of fused-ring (bicyclic) bond motifs is 2. The van der Waals surface area contributed by atoms with Gasteiger partial charge in [-0.05, 0) is 62.3 Å². The Morgan fingerprint density at radius 3 is 2.42 bits per heavy atom. The highest BCUT2D eigenvalue weighted by Crippen LogP contribution is 2.48. The molecule has 0 heterocycles. The van der Waals surface area contributed by atoms with Crippen molar-refractivity contribution in [2.45, 2.75) is 32.6 Å². The number of benzene rings is 1. The first kappa shape index (κ1) is 18.5. The molecule has 2 bridgehead atoms. The summed E-state index contributed by atoms with van der Waals surface area (Å²) in [5.41, 5.74) is 0.